The Morgan fingerprint density at radius 3 is 1.48 bits per heavy atom. The molecular formula is C28H44F6N2O14S2. The van der Waals surface area contributed by atoms with Gasteiger partial charge in [-0.05, 0) is 54.9 Å². The fourth-order valence-electron chi connectivity index (χ4n) is 3.57. The Bertz CT molecular complexity index is 1500. The number of rotatable bonds is 4. The number of esters is 2. The van der Waals surface area contributed by atoms with E-state index in [1.54, 1.807) is 20.8 Å². The van der Waals surface area contributed by atoms with Gasteiger partial charge in [0.15, 0.2) is 5.78 Å². The third-order valence-corrected chi connectivity index (χ3v) is 8.57. The number of alkyl halides is 6. The molecule has 0 aromatic rings. The Hall–Kier alpha value is -3.67. The van der Waals surface area contributed by atoms with E-state index >= 15 is 0 Å². The lowest BCUT2D eigenvalue weighted by Crippen LogP contribution is -2.48. The molecule has 52 heavy (non-hydrogen) atoms. The molecule has 2 aliphatic rings. The predicted molar refractivity (Wildman–Crippen MR) is 168 cm³/mol. The summed E-state index contributed by atoms with van der Waals surface area (Å²) in [5, 5.41) is 0. The van der Waals surface area contributed by atoms with Crippen LogP contribution in [-0.4, -0.2) is 119 Å². The van der Waals surface area contributed by atoms with Crippen molar-refractivity contribution in [2.45, 2.75) is 91.0 Å². The maximum Gasteiger partial charge on any atom is 0.524 e. The van der Waals surface area contributed by atoms with Gasteiger partial charge in [-0.3, -0.25) is 9.59 Å². The van der Waals surface area contributed by atoms with Crippen LogP contribution in [0.1, 0.15) is 68.7 Å². The van der Waals surface area contributed by atoms with Crippen molar-refractivity contribution in [2.24, 2.45) is 5.92 Å². The molecule has 1 unspecified atom stereocenters. The summed E-state index contributed by atoms with van der Waals surface area (Å²) in [6.07, 6.45) is -0.0804. The van der Waals surface area contributed by atoms with Crippen molar-refractivity contribution >= 4 is 50.1 Å². The fourth-order valence-corrected chi connectivity index (χ4v) is 5.13. The van der Waals surface area contributed by atoms with Gasteiger partial charge in [-0.1, -0.05) is 13.0 Å². The van der Waals surface area contributed by atoms with Crippen molar-refractivity contribution in [1.29, 1.82) is 0 Å². The van der Waals surface area contributed by atoms with Crippen molar-refractivity contribution in [3.8, 4) is 0 Å². The maximum atomic E-state index is 11.9. The number of amides is 2. The fraction of sp³-hybridized carbons (Fsp3) is 0.750. The highest BCUT2D eigenvalue weighted by molar-refractivity contribution is 8.00. The summed E-state index contributed by atoms with van der Waals surface area (Å²) >= 11 is 0. The van der Waals surface area contributed by atoms with Crippen LogP contribution in [0.2, 0.25) is 0 Å². The van der Waals surface area contributed by atoms with Crippen LogP contribution in [0.15, 0.2) is 11.1 Å². The van der Waals surface area contributed by atoms with E-state index in [9.17, 15) is 67.2 Å². The van der Waals surface area contributed by atoms with Crippen LogP contribution in [0.5, 0.6) is 0 Å². The molecule has 2 aliphatic heterocycles. The quantitative estimate of drug-likeness (QED) is 0.127. The predicted octanol–water partition coefficient (Wildman–Crippen LogP) is 4.44. The van der Waals surface area contributed by atoms with Crippen molar-refractivity contribution in [2.75, 3.05) is 40.4 Å². The second-order valence-corrected chi connectivity index (χ2v) is 15.8. The topological polar surface area (TPSA) is 206 Å². The SMILES string of the molecule is C.COC(=O)C1=C(C)CCN(C(=O)OC(C)(C)C)C1.COC(=O)C1CN(C(=O)OC(C)(C)C)CCC1=O.O=S(=O)(OS(=O)(=O)C(F)(F)F)C(F)(F)F. The Balaban J connectivity index is 0. The van der Waals surface area contributed by atoms with E-state index in [1.807, 2.05) is 31.3 Å². The Labute approximate surface area is 297 Å². The molecule has 1 saturated heterocycles. The number of likely N-dealkylation sites (tertiary alicyclic amines) is 1. The van der Waals surface area contributed by atoms with Crippen LogP contribution >= 0.6 is 0 Å². The lowest BCUT2D eigenvalue weighted by molar-refractivity contribution is -0.151. The van der Waals surface area contributed by atoms with Gasteiger partial charge in [0.1, 0.15) is 17.1 Å². The van der Waals surface area contributed by atoms with Gasteiger partial charge in [-0.25, -0.2) is 14.4 Å². The van der Waals surface area contributed by atoms with Crippen LogP contribution in [-0.2, 0) is 57.2 Å². The highest BCUT2D eigenvalue weighted by Crippen LogP contribution is 2.32. The molecular weight excluding hydrogens is 766 g/mol. The zero-order chi connectivity index (χ0) is 40.6. The molecule has 2 heterocycles. The number of methoxy groups -OCH3 is 2. The number of ether oxygens (including phenoxy) is 4. The maximum absolute atomic E-state index is 11.9. The standard InChI is InChI=1S/C13H21NO4.C12H19NO5.C2F6O5S2.CH4/c1-9-6-7-14(8-10(9)11(15)17-5)12(16)18-13(2,3)4;1-12(2,3)18-11(16)13-6-5-9(14)8(7-13)10(15)17-4;3-1(4,5)14(9,10)13-15(11,12)2(6,7)8;/h6-8H2,1-5H3;8H,5-7H2,1-4H3;;1H4. The second kappa shape index (κ2) is 18.9. The summed E-state index contributed by atoms with van der Waals surface area (Å²) < 4.78 is 130. The number of hydrogen-bond acceptors (Lipinski definition) is 14. The minimum atomic E-state index is -6.85. The number of nitrogens with zero attached hydrogens (tertiary/aromatic N) is 2. The first kappa shape index (κ1) is 50.4. The van der Waals surface area contributed by atoms with Crippen LogP contribution < -0.4 is 0 Å². The number of ketones is 1. The molecule has 16 nitrogen and oxygen atoms in total. The largest absolute Gasteiger partial charge is 0.524 e. The van der Waals surface area contributed by atoms with E-state index in [2.05, 4.69) is 4.74 Å². The smallest absolute Gasteiger partial charge is 0.468 e. The molecule has 2 amide bonds. The first-order valence-electron chi connectivity index (χ1n) is 14.4. The van der Waals surface area contributed by atoms with E-state index in [-0.39, 0.29) is 45.2 Å². The molecule has 1 atom stereocenters. The summed E-state index contributed by atoms with van der Waals surface area (Å²) in [4.78, 5) is 61.2. The van der Waals surface area contributed by atoms with Gasteiger partial charge in [-0.2, -0.15) is 43.2 Å². The summed E-state index contributed by atoms with van der Waals surface area (Å²) in [5.41, 5.74) is -12.1. The lowest BCUT2D eigenvalue weighted by atomic mass is 9.97. The molecule has 0 aliphatic carbocycles. The number of halogens is 6. The van der Waals surface area contributed by atoms with Gasteiger partial charge in [0, 0.05) is 26.1 Å². The number of carbonyl (C=O) groups is 5. The summed E-state index contributed by atoms with van der Waals surface area (Å²) in [6, 6.07) is 0. The van der Waals surface area contributed by atoms with Crippen molar-refractivity contribution in [3.63, 3.8) is 0 Å². The molecule has 24 heteroatoms. The molecule has 0 bridgehead atoms. The number of Topliss-reactive ketones (excluding diaryl/α,β-unsaturated/α-hetero) is 1. The monoisotopic (exact) mass is 810 g/mol. The van der Waals surface area contributed by atoms with Crippen molar-refractivity contribution < 1.29 is 89.7 Å². The van der Waals surface area contributed by atoms with Crippen LogP contribution in [0.4, 0.5) is 35.9 Å². The van der Waals surface area contributed by atoms with E-state index in [0.29, 0.717) is 18.5 Å². The molecule has 0 radical (unpaired) electrons. The van der Waals surface area contributed by atoms with Crippen molar-refractivity contribution in [3.05, 3.63) is 11.1 Å². The summed E-state index contributed by atoms with van der Waals surface area (Å²) in [5.74, 6) is -2.06. The van der Waals surface area contributed by atoms with E-state index in [1.165, 1.54) is 24.0 Å². The van der Waals surface area contributed by atoms with Crippen LogP contribution in [0.25, 0.3) is 0 Å². The third kappa shape index (κ3) is 16.3. The second-order valence-electron chi connectivity index (χ2n) is 12.5. The molecule has 304 valence electrons. The highest BCUT2D eigenvalue weighted by Gasteiger charge is 2.57. The first-order valence-corrected chi connectivity index (χ1v) is 17.2. The van der Waals surface area contributed by atoms with Gasteiger partial charge in [0.05, 0.1) is 26.3 Å². The van der Waals surface area contributed by atoms with Gasteiger partial charge >= 0.3 is 55.4 Å². The summed E-state index contributed by atoms with van der Waals surface area (Å²) in [6.45, 7) is 13.8. The third-order valence-electron chi connectivity index (χ3n) is 6.01. The molecule has 2 rings (SSSR count). The Kier molecular flexibility index (Phi) is 18.3. The van der Waals surface area contributed by atoms with Crippen molar-refractivity contribution in [1.82, 2.24) is 9.80 Å². The van der Waals surface area contributed by atoms with Crippen LogP contribution in [0.3, 0.4) is 0 Å². The minimum absolute atomic E-state index is 0. The average molecular weight is 811 g/mol. The minimum Gasteiger partial charge on any atom is -0.468 e. The Morgan fingerprint density at radius 1 is 0.712 bits per heavy atom. The first-order chi connectivity index (χ1) is 22.7. The number of carbonyl (C=O) groups excluding carboxylic acids is 5. The van der Waals surface area contributed by atoms with E-state index < -0.39 is 66.5 Å². The summed E-state index contributed by atoms with van der Waals surface area (Å²) in [7, 11) is -11.1. The normalized spacial score (nSPS) is 17.3. The number of piperidine rings is 1. The molecule has 0 saturated carbocycles. The average Bonchev–Trinajstić information content (AvgIpc) is 2.94. The Morgan fingerprint density at radius 2 is 1.12 bits per heavy atom. The number of hydrogen-bond donors (Lipinski definition) is 0. The zero-order valence-corrected chi connectivity index (χ0v) is 30.6. The van der Waals surface area contributed by atoms with Crippen LogP contribution in [0, 0.1) is 5.92 Å². The van der Waals surface area contributed by atoms with Gasteiger partial charge in [0.2, 0.25) is 0 Å². The highest BCUT2D eigenvalue weighted by atomic mass is 32.3. The lowest BCUT2D eigenvalue weighted by Gasteiger charge is -2.32. The van der Waals surface area contributed by atoms with E-state index in [4.69, 9.17) is 14.2 Å². The van der Waals surface area contributed by atoms with E-state index in [0.717, 1.165) is 5.57 Å². The molecule has 0 aromatic heterocycles. The zero-order valence-electron chi connectivity index (χ0n) is 29.0. The van der Waals surface area contributed by atoms with Gasteiger partial charge in [0.25, 0.3) is 0 Å². The van der Waals surface area contributed by atoms with Gasteiger partial charge < -0.3 is 28.7 Å². The molecule has 0 aromatic carbocycles. The molecule has 1 fully saturated rings. The molecule has 0 spiro atoms. The van der Waals surface area contributed by atoms with Gasteiger partial charge in [-0.15, -0.1) is 3.63 Å². The molecule has 0 N–H and O–H groups in total.